The third kappa shape index (κ3) is 3.16. The molecular weight excluding hydrogens is 436 g/mol. The van der Waals surface area contributed by atoms with Gasteiger partial charge in [0.15, 0.2) is 0 Å². The Labute approximate surface area is 199 Å². The van der Waals surface area contributed by atoms with E-state index in [1.54, 1.807) is 26.1 Å². The summed E-state index contributed by atoms with van der Waals surface area (Å²) in [6.07, 6.45) is 7.92. The maximum atomic E-state index is 13.4. The smallest absolute Gasteiger partial charge is 0.258 e. The number of primary amides is 1. The van der Waals surface area contributed by atoms with Crippen molar-refractivity contribution in [2.75, 3.05) is 6.61 Å². The van der Waals surface area contributed by atoms with Crippen LogP contribution in [-0.2, 0) is 4.79 Å². The van der Waals surface area contributed by atoms with E-state index in [1.165, 1.54) is 10.9 Å². The van der Waals surface area contributed by atoms with Crippen LogP contribution < -0.4 is 15.8 Å². The van der Waals surface area contributed by atoms with Gasteiger partial charge in [-0.2, -0.15) is 5.10 Å². The fourth-order valence-electron chi connectivity index (χ4n) is 7.13. The number of carbonyl (C=O) groups is 2. The predicted molar refractivity (Wildman–Crippen MR) is 125 cm³/mol. The molecule has 0 saturated heterocycles. The molecule has 9 nitrogen and oxygen atoms in total. The summed E-state index contributed by atoms with van der Waals surface area (Å²) in [4.78, 5) is 25.1. The summed E-state index contributed by atoms with van der Waals surface area (Å²) in [7, 11) is 0. The molecule has 4 aliphatic carbocycles. The van der Waals surface area contributed by atoms with E-state index in [2.05, 4.69) is 10.4 Å². The van der Waals surface area contributed by atoms with Gasteiger partial charge in [-0.15, -0.1) is 0 Å². The molecule has 1 aromatic heterocycles. The summed E-state index contributed by atoms with van der Waals surface area (Å²) in [5, 5.41) is 29.8. The largest absolute Gasteiger partial charge is 0.477 e. The molecule has 1 spiro atoms. The molecule has 1 heterocycles. The SMILES string of the molecule is CC(C)COc1c(C(=O)NC2C3CC4(O)CC5(O)CC2CC45C3)cnn1/C=C/C(C)(C)C(N)=O. The van der Waals surface area contributed by atoms with Crippen LogP contribution in [0.5, 0.6) is 5.88 Å². The highest BCUT2D eigenvalue weighted by atomic mass is 16.5. The molecule has 5 N–H and O–H groups in total. The van der Waals surface area contributed by atoms with Gasteiger partial charge < -0.3 is 26.0 Å². The lowest BCUT2D eigenvalue weighted by Crippen LogP contribution is -2.69. The number of rotatable bonds is 8. The molecular formula is C25H36N4O5. The second-order valence-corrected chi connectivity index (χ2v) is 12.1. The molecule has 4 aliphatic rings. The maximum Gasteiger partial charge on any atom is 0.258 e. The van der Waals surface area contributed by atoms with Gasteiger partial charge in [-0.25, -0.2) is 4.68 Å². The van der Waals surface area contributed by atoms with Crippen LogP contribution in [0.3, 0.4) is 0 Å². The highest BCUT2D eigenvalue weighted by molar-refractivity contribution is 5.96. The number of hydrogen-bond donors (Lipinski definition) is 4. The lowest BCUT2D eigenvalue weighted by molar-refractivity contribution is -0.270. The highest BCUT2D eigenvalue weighted by Gasteiger charge is 2.82. The minimum atomic E-state index is -0.884. The lowest BCUT2D eigenvalue weighted by Gasteiger charge is -2.60. The van der Waals surface area contributed by atoms with Gasteiger partial charge in [-0.1, -0.05) is 19.9 Å². The molecule has 0 radical (unpaired) electrons. The molecule has 0 aliphatic heterocycles. The number of aliphatic hydroxyl groups is 2. The van der Waals surface area contributed by atoms with E-state index in [9.17, 15) is 19.8 Å². The Hall–Kier alpha value is -2.39. The van der Waals surface area contributed by atoms with Crippen molar-refractivity contribution in [3.05, 3.63) is 17.8 Å². The van der Waals surface area contributed by atoms with E-state index >= 15 is 0 Å². The van der Waals surface area contributed by atoms with Crippen molar-refractivity contribution in [2.45, 2.75) is 77.0 Å². The summed E-state index contributed by atoms with van der Waals surface area (Å²) in [6, 6.07) is -0.102. The van der Waals surface area contributed by atoms with E-state index < -0.39 is 22.5 Å². The number of amides is 2. The molecule has 5 rings (SSSR count). The predicted octanol–water partition coefficient (Wildman–Crippen LogP) is 1.68. The second kappa shape index (κ2) is 7.31. The first-order chi connectivity index (χ1) is 15.8. The monoisotopic (exact) mass is 472 g/mol. The van der Waals surface area contributed by atoms with Crippen LogP contribution in [-0.4, -0.2) is 55.7 Å². The number of aromatic nitrogens is 2. The summed E-state index contributed by atoms with van der Waals surface area (Å²) in [5.74, 6) is 0.0943. The Kier molecular flexibility index (Phi) is 5.02. The number of ether oxygens (including phenoxy) is 1. The number of fused-ring (bicyclic) bond motifs is 2. The third-order valence-corrected chi connectivity index (χ3v) is 8.92. The van der Waals surface area contributed by atoms with E-state index in [1.807, 2.05) is 13.8 Å². The van der Waals surface area contributed by atoms with Crippen molar-refractivity contribution in [3.63, 3.8) is 0 Å². The minimum Gasteiger partial charge on any atom is -0.477 e. The van der Waals surface area contributed by atoms with Crippen LogP contribution in [0.15, 0.2) is 12.3 Å². The molecule has 1 aromatic rings. The molecule has 34 heavy (non-hydrogen) atoms. The molecule has 186 valence electrons. The van der Waals surface area contributed by atoms with Gasteiger partial charge in [0.05, 0.1) is 29.4 Å². The van der Waals surface area contributed by atoms with Crippen LogP contribution in [0.25, 0.3) is 6.20 Å². The Bertz CT molecular complexity index is 1030. The Morgan fingerprint density at radius 3 is 2.44 bits per heavy atom. The zero-order valence-corrected chi connectivity index (χ0v) is 20.4. The minimum absolute atomic E-state index is 0.102. The standard InChI is InChI=1S/C25H36N4O5/c1-14(2)12-34-20-17(11-27-29(20)6-5-22(3,4)21(26)31)19(30)28-18-15-7-23-8-16(18)10-25(23,33)13-24(23,32)9-15/h5-6,11,14-16,18,32-33H,7-10,12-13H2,1-4H3,(H2,26,31)(H,28,30)/b6-5+. The average molecular weight is 473 g/mol. The number of nitrogens with zero attached hydrogens (tertiary/aromatic N) is 2. The van der Waals surface area contributed by atoms with Gasteiger partial charge in [-0.3, -0.25) is 9.59 Å². The van der Waals surface area contributed by atoms with Gasteiger partial charge in [0.2, 0.25) is 11.8 Å². The number of carbonyl (C=O) groups excluding carboxylic acids is 2. The molecule has 4 atom stereocenters. The first kappa shape index (κ1) is 23.4. The van der Waals surface area contributed by atoms with Crippen molar-refractivity contribution < 1.29 is 24.5 Å². The fourth-order valence-corrected chi connectivity index (χ4v) is 7.13. The number of nitrogens with one attached hydrogen (secondary N) is 1. The quantitative estimate of drug-likeness (QED) is 0.454. The molecule has 9 heteroatoms. The van der Waals surface area contributed by atoms with E-state index in [0.717, 1.165) is 12.8 Å². The number of nitrogens with two attached hydrogens (primary N) is 1. The Morgan fingerprint density at radius 2 is 1.88 bits per heavy atom. The van der Waals surface area contributed by atoms with Crippen molar-refractivity contribution in [1.82, 2.24) is 15.1 Å². The van der Waals surface area contributed by atoms with E-state index in [4.69, 9.17) is 10.5 Å². The molecule has 4 saturated carbocycles. The first-order valence-corrected chi connectivity index (χ1v) is 12.3. The number of hydrogen-bond acceptors (Lipinski definition) is 6. The molecule has 3 bridgehead atoms. The summed E-state index contributed by atoms with van der Waals surface area (Å²) in [6.45, 7) is 7.84. The van der Waals surface area contributed by atoms with Gasteiger partial charge >= 0.3 is 0 Å². The lowest BCUT2D eigenvalue weighted by atomic mass is 9.50. The van der Waals surface area contributed by atoms with Crippen LogP contribution in [0.4, 0.5) is 0 Å². The second-order valence-electron chi connectivity index (χ2n) is 12.1. The molecule has 4 fully saturated rings. The van der Waals surface area contributed by atoms with E-state index in [0.29, 0.717) is 37.3 Å². The van der Waals surface area contributed by atoms with Crippen LogP contribution >= 0.6 is 0 Å². The summed E-state index contributed by atoms with van der Waals surface area (Å²) >= 11 is 0. The van der Waals surface area contributed by atoms with Crippen molar-refractivity contribution in [2.24, 2.45) is 34.3 Å². The Balaban J connectivity index is 1.38. The maximum absolute atomic E-state index is 13.4. The third-order valence-electron chi connectivity index (χ3n) is 8.92. The van der Waals surface area contributed by atoms with Gasteiger partial charge in [0.25, 0.3) is 5.91 Å². The van der Waals surface area contributed by atoms with Gasteiger partial charge in [-0.05, 0) is 57.3 Å². The van der Waals surface area contributed by atoms with Gasteiger partial charge in [0, 0.05) is 24.1 Å². The summed E-state index contributed by atoms with van der Waals surface area (Å²) < 4.78 is 7.43. The normalized spacial score (nSPS) is 37.8. The zero-order valence-electron chi connectivity index (χ0n) is 20.4. The molecule has 2 amide bonds. The van der Waals surface area contributed by atoms with Crippen LogP contribution in [0, 0.1) is 28.6 Å². The van der Waals surface area contributed by atoms with Crippen LogP contribution in [0.1, 0.15) is 70.2 Å². The van der Waals surface area contributed by atoms with Crippen LogP contribution in [0.2, 0.25) is 0 Å². The zero-order chi connectivity index (χ0) is 24.7. The topological polar surface area (TPSA) is 140 Å². The average Bonchev–Trinajstić information content (AvgIpc) is 3.29. The Morgan fingerprint density at radius 1 is 1.26 bits per heavy atom. The van der Waals surface area contributed by atoms with E-state index in [-0.39, 0.29) is 35.1 Å². The summed E-state index contributed by atoms with van der Waals surface area (Å²) in [5.41, 5.74) is 2.92. The molecule has 0 aromatic carbocycles. The molecule has 4 unspecified atom stereocenters. The fraction of sp³-hybridized carbons (Fsp3) is 0.720. The van der Waals surface area contributed by atoms with Crippen molar-refractivity contribution in [1.29, 1.82) is 0 Å². The highest BCUT2D eigenvalue weighted by Crippen LogP contribution is 2.78. The first-order valence-electron chi connectivity index (χ1n) is 12.3. The van der Waals surface area contributed by atoms with Crippen molar-refractivity contribution in [3.8, 4) is 5.88 Å². The van der Waals surface area contributed by atoms with Crippen molar-refractivity contribution >= 4 is 18.0 Å². The van der Waals surface area contributed by atoms with Gasteiger partial charge in [0.1, 0.15) is 5.56 Å².